The van der Waals surface area contributed by atoms with Crippen LogP contribution in [0.5, 0.6) is 0 Å². The summed E-state index contributed by atoms with van der Waals surface area (Å²) in [6.45, 7) is 2.49. The Kier molecular flexibility index (Phi) is 6.27. The molecule has 3 N–H and O–H groups in total. The minimum absolute atomic E-state index is 0.0618. The number of hydrogen-bond donors (Lipinski definition) is 3. The van der Waals surface area contributed by atoms with Gasteiger partial charge in [-0.3, -0.25) is 9.59 Å². The molecule has 0 bridgehead atoms. The molecule has 1 aromatic carbocycles. The molecular formula is C17H22F3N3O2. The fraction of sp³-hybridized carbons (Fsp3) is 0.529. The normalized spacial score (nSPS) is 18.2. The van der Waals surface area contributed by atoms with Gasteiger partial charge in [0, 0.05) is 13.0 Å². The topological polar surface area (TPSA) is 70.2 Å². The maximum Gasteiger partial charge on any atom is 0.416 e. The van der Waals surface area contributed by atoms with Crippen LogP contribution in [-0.2, 0) is 15.8 Å². The molecule has 1 heterocycles. The molecule has 1 aromatic rings. The van der Waals surface area contributed by atoms with Crippen LogP contribution in [0.3, 0.4) is 0 Å². The van der Waals surface area contributed by atoms with Crippen LogP contribution in [-0.4, -0.2) is 24.4 Å². The third kappa shape index (κ3) is 5.37. The Labute approximate surface area is 144 Å². The summed E-state index contributed by atoms with van der Waals surface area (Å²) < 4.78 is 38.9. The van der Waals surface area contributed by atoms with Crippen LogP contribution in [0.2, 0.25) is 0 Å². The van der Waals surface area contributed by atoms with E-state index in [9.17, 15) is 22.8 Å². The van der Waals surface area contributed by atoms with E-state index in [4.69, 9.17) is 0 Å². The summed E-state index contributed by atoms with van der Waals surface area (Å²) in [5.41, 5.74) is -0.357. The Morgan fingerprint density at radius 1 is 1.28 bits per heavy atom. The zero-order valence-corrected chi connectivity index (χ0v) is 14.0. The monoisotopic (exact) mass is 357 g/mol. The number of nitrogens with one attached hydrogen (secondary N) is 3. The van der Waals surface area contributed by atoms with Gasteiger partial charge in [0.05, 0.1) is 16.9 Å². The van der Waals surface area contributed by atoms with E-state index in [0.29, 0.717) is 37.9 Å². The van der Waals surface area contributed by atoms with Gasteiger partial charge >= 0.3 is 6.18 Å². The molecule has 2 rings (SSSR count). The van der Waals surface area contributed by atoms with E-state index in [0.717, 1.165) is 18.6 Å². The molecule has 1 aliphatic heterocycles. The first kappa shape index (κ1) is 19.1. The summed E-state index contributed by atoms with van der Waals surface area (Å²) >= 11 is 0. The van der Waals surface area contributed by atoms with Crippen LogP contribution in [0.4, 0.5) is 24.5 Å². The van der Waals surface area contributed by atoms with Crippen LogP contribution in [0.1, 0.15) is 44.6 Å². The molecule has 0 spiro atoms. The van der Waals surface area contributed by atoms with Gasteiger partial charge in [0.15, 0.2) is 0 Å². The van der Waals surface area contributed by atoms with E-state index in [1.807, 2.05) is 6.92 Å². The van der Waals surface area contributed by atoms with Crippen LogP contribution >= 0.6 is 0 Å². The number of halogens is 3. The molecule has 0 saturated carbocycles. The summed E-state index contributed by atoms with van der Waals surface area (Å²) in [5.74, 6) is -0.722. The summed E-state index contributed by atoms with van der Waals surface area (Å²) in [5, 5.41) is 8.15. The molecule has 1 aliphatic rings. The quantitative estimate of drug-likeness (QED) is 0.755. The molecule has 1 fully saturated rings. The van der Waals surface area contributed by atoms with Gasteiger partial charge in [0.2, 0.25) is 11.8 Å². The van der Waals surface area contributed by atoms with E-state index < -0.39 is 23.7 Å². The Hall–Kier alpha value is -2.25. The van der Waals surface area contributed by atoms with Crippen molar-refractivity contribution in [2.45, 2.75) is 51.2 Å². The van der Waals surface area contributed by atoms with Crippen LogP contribution < -0.4 is 16.0 Å². The Bertz CT molecular complexity index is 632. The average Bonchev–Trinajstić information content (AvgIpc) is 2.77. The fourth-order valence-electron chi connectivity index (χ4n) is 2.63. The van der Waals surface area contributed by atoms with E-state index >= 15 is 0 Å². The van der Waals surface area contributed by atoms with Crippen molar-refractivity contribution in [3.8, 4) is 0 Å². The number of hydrogen-bond acceptors (Lipinski definition) is 3. The zero-order chi connectivity index (χ0) is 18.4. The highest BCUT2D eigenvalue weighted by Crippen LogP contribution is 2.34. The van der Waals surface area contributed by atoms with Crippen LogP contribution in [0.15, 0.2) is 18.2 Å². The molecule has 8 heteroatoms. The zero-order valence-electron chi connectivity index (χ0n) is 14.0. The van der Waals surface area contributed by atoms with Crippen LogP contribution in [0, 0.1) is 0 Å². The third-order valence-electron chi connectivity index (χ3n) is 3.97. The lowest BCUT2D eigenvalue weighted by atomic mass is 10.1. The summed E-state index contributed by atoms with van der Waals surface area (Å²) in [6, 6.07) is 2.46. The highest BCUT2D eigenvalue weighted by Gasteiger charge is 2.31. The molecule has 0 aliphatic carbocycles. The van der Waals surface area contributed by atoms with Gasteiger partial charge in [-0.05, 0) is 37.5 Å². The molecule has 2 amide bonds. The predicted octanol–water partition coefficient (Wildman–Crippen LogP) is 3.52. The number of amides is 2. The molecular weight excluding hydrogens is 335 g/mol. The predicted molar refractivity (Wildman–Crippen MR) is 89.3 cm³/mol. The minimum atomic E-state index is -4.50. The number of rotatable bonds is 5. The molecule has 25 heavy (non-hydrogen) atoms. The summed E-state index contributed by atoms with van der Waals surface area (Å²) in [6.07, 6.45) is -1.49. The maximum atomic E-state index is 13.0. The van der Waals surface area contributed by atoms with Gasteiger partial charge in [0.25, 0.3) is 0 Å². The van der Waals surface area contributed by atoms with Gasteiger partial charge in [0.1, 0.15) is 6.04 Å². The number of alkyl halides is 3. The Balaban J connectivity index is 2.22. The van der Waals surface area contributed by atoms with E-state index in [1.54, 1.807) is 0 Å². The van der Waals surface area contributed by atoms with Crippen molar-refractivity contribution >= 4 is 23.2 Å². The Morgan fingerprint density at radius 2 is 2.04 bits per heavy atom. The smallest absolute Gasteiger partial charge is 0.383 e. The number of anilines is 2. The molecule has 1 saturated heterocycles. The molecule has 1 unspecified atom stereocenters. The fourth-order valence-corrected chi connectivity index (χ4v) is 2.63. The van der Waals surface area contributed by atoms with Crippen molar-refractivity contribution in [3.05, 3.63) is 23.8 Å². The first-order valence-electron chi connectivity index (χ1n) is 8.36. The van der Waals surface area contributed by atoms with Gasteiger partial charge in [-0.1, -0.05) is 13.3 Å². The maximum absolute atomic E-state index is 13.0. The second-order valence-electron chi connectivity index (χ2n) is 6.04. The van der Waals surface area contributed by atoms with Crippen molar-refractivity contribution in [2.24, 2.45) is 0 Å². The highest BCUT2D eigenvalue weighted by atomic mass is 19.4. The second-order valence-corrected chi connectivity index (χ2v) is 6.04. The van der Waals surface area contributed by atoms with Crippen molar-refractivity contribution in [2.75, 3.05) is 17.2 Å². The number of benzene rings is 1. The minimum Gasteiger partial charge on any atom is -0.383 e. The van der Waals surface area contributed by atoms with Crippen molar-refractivity contribution < 1.29 is 22.8 Å². The van der Waals surface area contributed by atoms with Crippen molar-refractivity contribution in [1.29, 1.82) is 0 Å². The van der Waals surface area contributed by atoms with Gasteiger partial charge in [-0.2, -0.15) is 13.2 Å². The van der Waals surface area contributed by atoms with E-state index in [2.05, 4.69) is 16.0 Å². The molecule has 1 atom stereocenters. The second kappa shape index (κ2) is 8.22. The first-order chi connectivity index (χ1) is 11.8. The lowest BCUT2D eigenvalue weighted by Crippen LogP contribution is -2.42. The number of carbonyl (C=O) groups is 2. The summed E-state index contributed by atoms with van der Waals surface area (Å²) in [4.78, 5) is 24.0. The van der Waals surface area contributed by atoms with Crippen molar-refractivity contribution in [1.82, 2.24) is 5.32 Å². The van der Waals surface area contributed by atoms with E-state index in [-0.39, 0.29) is 11.6 Å². The largest absolute Gasteiger partial charge is 0.416 e. The SMILES string of the molecule is CCCNc1ccc(C(F)(F)F)cc1NC(=O)C1CCCCC(=O)N1. The standard InChI is InChI=1S/C17H22F3N3O2/c1-2-9-21-12-8-7-11(17(18,19)20)10-14(12)23-16(25)13-5-3-4-6-15(24)22-13/h7-8,10,13,21H,2-6,9H2,1H3,(H,22,24)(H,23,25). The number of carbonyl (C=O) groups excluding carboxylic acids is 2. The third-order valence-corrected chi connectivity index (χ3v) is 3.97. The lowest BCUT2D eigenvalue weighted by Gasteiger charge is -2.19. The molecule has 5 nitrogen and oxygen atoms in total. The molecule has 138 valence electrons. The molecule has 0 aromatic heterocycles. The first-order valence-corrected chi connectivity index (χ1v) is 8.36. The average molecular weight is 357 g/mol. The Morgan fingerprint density at radius 3 is 2.72 bits per heavy atom. The van der Waals surface area contributed by atoms with Gasteiger partial charge in [-0.15, -0.1) is 0 Å². The van der Waals surface area contributed by atoms with Gasteiger partial charge < -0.3 is 16.0 Å². The summed E-state index contributed by atoms with van der Waals surface area (Å²) in [7, 11) is 0. The van der Waals surface area contributed by atoms with E-state index in [1.165, 1.54) is 6.07 Å². The van der Waals surface area contributed by atoms with Crippen LogP contribution in [0.25, 0.3) is 0 Å². The lowest BCUT2D eigenvalue weighted by molar-refractivity contribution is -0.137. The van der Waals surface area contributed by atoms with Crippen molar-refractivity contribution in [3.63, 3.8) is 0 Å². The molecule has 0 radical (unpaired) electrons. The van der Waals surface area contributed by atoms with Gasteiger partial charge in [-0.25, -0.2) is 0 Å². The highest BCUT2D eigenvalue weighted by molar-refractivity contribution is 5.99.